The van der Waals surface area contributed by atoms with Crippen molar-refractivity contribution in [2.45, 2.75) is 17.1 Å². The average molecular weight is 262 g/mol. The van der Waals surface area contributed by atoms with Crippen molar-refractivity contribution in [2.24, 2.45) is 5.92 Å². The van der Waals surface area contributed by atoms with Crippen molar-refractivity contribution in [1.29, 1.82) is 0 Å². The second-order valence-electron chi connectivity index (χ2n) is 2.80. The van der Waals surface area contributed by atoms with Crippen LogP contribution in [0, 0.1) is 5.92 Å². The standard InChI is InChI=1S/C8H11Cl3O3/c1-5(8(9,10)11)3-6(14-2)4-7(12)13/h4-5H,3H2,1-2H3,(H,12,13)/b6-4+/t5-/m1/s1. The summed E-state index contributed by atoms with van der Waals surface area (Å²) in [6.07, 6.45) is 1.21. The lowest BCUT2D eigenvalue weighted by Gasteiger charge is -2.20. The Morgan fingerprint density at radius 2 is 2.07 bits per heavy atom. The summed E-state index contributed by atoms with van der Waals surface area (Å²) in [7, 11) is 1.37. The maximum Gasteiger partial charge on any atom is 0.331 e. The molecule has 0 spiro atoms. The van der Waals surface area contributed by atoms with Gasteiger partial charge >= 0.3 is 5.97 Å². The Hall–Kier alpha value is -0.120. The summed E-state index contributed by atoms with van der Waals surface area (Å²) >= 11 is 16.9. The zero-order valence-corrected chi connectivity index (χ0v) is 10.0. The first-order valence-corrected chi connectivity index (χ1v) is 4.95. The van der Waals surface area contributed by atoms with E-state index in [0.717, 1.165) is 6.08 Å². The fourth-order valence-electron chi connectivity index (χ4n) is 0.756. The highest BCUT2D eigenvalue weighted by Gasteiger charge is 2.29. The monoisotopic (exact) mass is 260 g/mol. The third-order valence-electron chi connectivity index (χ3n) is 1.61. The zero-order valence-electron chi connectivity index (χ0n) is 7.76. The van der Waals surface area contributed by atoms with Gasteiger partial charge in [-0.05, 0) is 0 Å². The molecule has 0 aliphatic heterocycles. The van der Waals surface area contributed by atoms with Crippen molar-refractivity contribution in [3.63, 3.8) is 0 Å². The number of rotatable bonds is 4. The molecule has 0 radical (unpaired) electrons. The molecular weight excluding hydrogens is 250 g/mol. The number of allylic oxidation sites excluding steroid dienone is 1. The minimum Gasteiger partial charge on any atom is -0.501 e. The van der Waals surface area contributed by atoms with Crippen LogP contribution in [0.5, 0.6) is 0 Å². The Bertz CT molecular complexity index is 232. The van der Waals surface area contributed by atoms with Crippen LogP contribution in [0.15, 0.2) is 11.8 Å². The van der Waals surface area contributed by atoms with Gasteiger partial charge in [0.1, 0.15) is 5.76 Å². The topological polar surface area (TPSA) is 46.5 Å². The number of carbonyl (C=O) groups is 1. The van der Waals surface area contributed by atoms with Gasteiger partial charge in [0.2, 0.25) is 0 Å². The largest absolute Gasteiger partial charge is 0.501 e. The molecule has 0 aromatic rings. The summed E-state index contributed by atoms with van der Waals surface area (Å²) in [6, 6.07) is 0. The van der Waals surface area contributed by atoms with Gasteiger partial charge in [0, 0.05) is 12.3 Å². The van der Waals surface area contributed by atoms with Crippen molar-refractivity contribution in [2.75, 3.05) is 7.11 Å². The van der Waals surface area contributed by atoms with Crippen molar-refractivity contribution in [3.8, 4) is 0 Å². The first kappa shape index (κ1) is 13.9. The number of halogens is 3. The van der Waals surface area contributed by atoms with Gasteiger partial charge in [-0.2, -0.15) is 0 Å². The number of methoxy groups -OCH3 is 1. The van der Waals surface area contributed by atoms with Crippen LogP contribution in [-0.4, -0.2) is 22.0 Å². The molecule has 0 saturated carbocycles. The van der Waals surface area contributed by atoms with E-state index in [2.05, 4.69) is 0 Å². The lowest BCUT2D eigenvalue weighted by molar-refractivity contribution is -0.131. The quantitative estimate of drug-likeness (QED) is 0.481. The van der Waals surface area contributed by atoms with Gasteiger partial charge in [0.05, 0.1) is 13.2 Å². The highest BCUT2D eigenvalue weighted by Crippen LogP contribution is 2.38. The molecule has 82 valence electrons. The number of hydrogen-bond donors (Lipinski definition) is 1. The summed E-state index contributed by atoms with van der Waals surface area (Å²) in [5.74, 6) is -1.13. The summed E-state index contributed by atoms with van der Waals surface area (Å²) in [4.78, 5) is 10.3. The van der Waals surface area contributed by atoms with Crippen LogP contribution in [0.4, 0.5) is 0 Å². The molecule has 0 aromatic heterocycles. The van der Waals surface area contributed by atoms with Crippen molar-refractivity contribution < 1.29 is 14.6 Å². The SMILES string of the molecule is CO/C(=C/C(=O)O)C[C@@H](C)C(Cl)(Cl)Cl. The van der Waals surface area contributed by atoms with Crippen LogP contribution in [0.25, 0.3) is 0 Å². The minimum absolute atomic E-state index is 0.263. The van der Waals surface area contributed by atoms with Gasteiger partial charge in [-0.3, -0.25) is 0 Å². The van der Waals surface area contributed by atoms with E-state index in [1.165, 1.54) is 7.11 Å². The molecular formula is C8H11Cl3O3. The Labute approximate surface area is 97.6 Å². The van der Waals surface area contributed by atoms with Gasteiger partial charge < -0.3 is 9.84 Å². The highest BCUT2D eigenvalue weighted by molar-refractivity contribution is 6.67. The summed E-state index contributed by atoms with van der Waals surface area (Å²) in [6.45, 7) is 1.70. The molecule has 0 fully saturated rings. The first-order chi connectivity index (χ1) is 6.27. The molecule has 0 aromatic carbocycles. The number of carboxylic acid groups (broad SMARTS) is 1. The summed E-state index contributed by atoms with van der Waals surface area (Å²) in [5.41, 5.74) is 0. The first-order valence-electron chi connectivity index (χ1n) is 3.81. The fourth-order valence-corrected chi connectivity index (χ4v) is 0.988. The molecule has 0 unspecified atom stereocenters. The van der Waals surface area contributed by atoms with Crippen LogP contribution < -0.4 is 0 Å². The second-order valence-corrected chi connectivity index (χ2v) is 5.17. The zero-order chi connectivity index (χ0) is 11.4. The normalized spacial score (nSPS) is 15.1. The molecule has 0 amide bonds. The number of aliphatic carboxylic acids is 1. The lowest BCUT2D eigenvalue weighted by Crippen LogP contribution is -2.17. The van der Waals surface area contributed by atoms with E-state index in [9.17, 15) is 4.79 Å². The van der Waals surface area contributed by atoms with Gasteiger partial charge in [-0.25, -0.2) is 4.79 Å². The average Bonchev–Trinajstić information content (AvgIpc) is 2.00. The Kier molecular flexibility index (Phi) is 5.64. The van der Waals surface area contributed by atoms with E-state index in [0.29, 0.717) is 0 Å². The number of carboxylic acids is 1. The molecule has 0 heterocycles. The predicted molar refractivity (Wildman–Crippen MR) is 56.8 cm³/mol. The van der Waals surface area contributed by atoms with Crippen LogP contribution in [0.3, 0.4) is 0 Å². The van der Waals surface area contributed by atoms with Crippen LogP contribution in [0.2, 0.25) is 0 Å². The van der Waals surface area contributed by atoms with Gasteiger partial charge in [0.25, 0.3) is 0 Å². The van der Waals surface area contributed by atoms with E-state index in [-0.39, 0.29) is 18.1 Å². The van der Waals surface area contributed by atoms with Crippen LogP contribution in [-0.2, 0) is 9.53 Å². The molecule has 1 N–H and O–H groups in total. The van der Waals surface area contributed by atoms with E-state index < -0.39 is 9.76 Å². The molecule has 0 saturated heterocycles. The second kappa shape index (κ2) is 5.69. The van der Waals surface area contributed by atoms with Crippen molar-refractivity contribution in [3.05, 3.63) is 11.8 Å². The molecule has 14 heavy (non-hydrogen) atoms. The van der Waals surface area contributed by atoms with E-state index in [1.807, 2.05) is 0 Å². The molecule has 0 bridgehead atoms. The van der Waals surface area contributed by atoms with E-state index in [1.54, 1.807) is 6.92 Å². The Balaban J connectivity index is 4.41. The Morgan fingerprint density at radius 3 is 2.36 bits per heavy atom. The van der Waals surface area contributed by atoms with E-state index in [4.69, 9.17) is 44.6 Å². The van der Waals surface area contributed by atoms with Crippen LogP contribution >= 0.6 is 34.8 Å². The molecule has 6 heteroatoms. The predicted octanol–water partition coefficient (Wildman–Crippen LogP) is 3.00. The van der Waals surface area contributed by atoms with E-state index >= 15 is 0 Å². The molecule has 0 rings (SSSR count). The molecule has 0 aliphatic rings. The van der Waals surface area contributed by atoms with Gasteiger partial charge in [-0.1, -0.05) is 41.7 Å². The number of alkyl halides is 3. The number of hydrogen-bond acceptors (Lipinski definition) is 2. The van der Waals surface area contributed by atoms with Gasteiger partial charge in [0.15, 0.2) is 3.79 Å². The third-order valence-corrected chi connectivity index (χ3v) is 2.73. The van der Waals surface area contributed by atoms with Crippen LogP contribution in [0.1, 0.15) is 13.3 Å². The highest BCUT2D eigenvalue weighted by atomic mass is 35.6. The molecule has 0 aliphatic carbocycles. The maximum atomic E-state index is 10.3. The molecule has 3 nitrogen and oxygen atoms in total. The maximum absolute atomic E-state index is 10.3. The molecule has 1 atom stereocenters. The fraction of sp³-hybridized carbons (Fsp3) is 0.625. The summed E-state index contributed by atoms with van der Waals surface area (Å²) < 4.78 is 3.41. The van der Waals surface area contributed by atoms with Crippen molar-refractivity contribution >= 4 is 40.8 Å². The lowest BCUT2D eigenvalue weighted by atomic mass is 10.1. The number of ether oxygens (including phenoxy) is 1. The smallest absolute Gasteiger partial charge is 0.331 e. The van der Waals surface area contributed by atoms with Crippen molar-refractivity contribution in [1.82, 2.24) is 0 Å². The summed E-state index contributed by atoms with van der Waals surface area (Å²) in [5, 5.41) is 8.48. The third kappa shape index (κ3) is 5.58. The van der Waals surface area contributed by atoms with Gasteiger partial charge in [-0.15, -0.1) is 0 Å². The Morgan fingerprint density at radius 1 is 1.57 bits per heavy atom. The minimum atomic E-state index is -1.42.